The molecular formula is C20H26N2. The number of likely N-dealkylation sites (tertiary alicyclic amines) is 1. The molecule has 2 aromatic rings. The molecule has 0 aliphatic carbocycles. The summed E-state index contributed by atoms with van der Waals surface area (Å²) in [4.78, 5) is 5.04. The van der Waals surface area contributed by atoms with E-state index in [4.69, 9.17) is 0 Å². The molecule has 1 aliphatic rings. The zero-order valence-corrected chi connectivity index (χ0v) is 13.7. The van der Waals surface area contributed by atoms with E-state index in [1.165, 1.54) is 42.7 Å². The fraction of sp³-hybridized carbons (Fsp3) is 0.400. The van der Waals surface area contributed by atoms with E-state index in [1.807, 2.05) is 0 Å². The van der Waals surface area contributed by atoms with E-state index >= 15 is 0 Å². The van der Waals surface area contributed by atoms with Crippen molar-refractivity contribution >= 4 is 5.69 Å². The monoisotopic (exact) mass is 294 g/mol. The number of nitrogens with zero attached hydrogens (tertiary/aromatic N) is 2. The molecule has 1 saturated heterocycles. The van der Waals surface area contributed by atoms with E-state index < -0.39 is 0 Å². The quantitative estimate of drug-likeness (QED) is 0.838. The van der Waals surface area contributed by atoms with Crippen molar-refractivity contribution in [2.45, 2.75) is 32.4 Å². The van der Waals surface area contributed by atoms with Crippen molar-refractivity contribution < 1.29 is 0 Å². The highest BCUT2D eigenvalue weighted by atomic mass is 15.2. The molecule has 1 aliphatic heterocycles. The van der Waals surface area contributed by atoms with Crippen molar-refractivity contribution in [3.05, 3.63) is 65.7 Å². The number of anilines is 1. The van der Waals surface area contributed by atoms with E-state index in [9.17, 15) is 0 Å². The number of hydrogen-bond acceptors (Lipinski definition) is 2. The third kappa shape index (κ3) is 3.69. The molecule has 0 saturated carbocycles. The molecule has 2 heteroatoms. The average molecular weight is 294 g/mol. The summed E-state index contributed by atoms with van der Waals surface area (Å²) in [5.41, 5.74) is 4.11. The van der Waals surface area contributed by atoms with Gasteiger partial charge in [0.15, 0.2) is 0 Å². The van der Waals surface area contributed by atoms with E-state index in [1.54, 1.807) is 0 Å². The van der Waals surface area contributed by atoms with Gasteiger partial charge in [0, 0.05) is 38.4 Å². The van der Waals surface area contributed by atoms with Gasteiger partial charge in [-0.1, -0.05) is 42.5 Å². The molecular weight excluding hydrogens is 268 g/mol. The molecule has 2 nitrogen and oxygen atoms in total. The Labute approximate surface area is 134 Å². The van der Waals surface area contributed by atoms with E-state index in [0.29, 0.717) is 6.04 Å². The first-order valence-electron chi connectivity index (χ1n) is 8.28. The molecule has 3 rings (SSSR count). The third-order valence-corrected chi connectivity index (χ3v) is 4.76. The van der Waals surface area contributed by atoms with Gasteiger partial charge in [-0.2, -0.15) is 0 Å². The van der Waals surface area contributed by atoms with Crippen LogP contribution in [0.3, 0.4) is 0 Å². The average Bonchev–Trinajstić information content (AvgIpc) is 2.56. The Morgan fingerprint density at radius 1 is 1.00 bits per heavy atom. The highest BCUT2D eigenvalue weighted by Crippen LogP contribution is 2.23. The Bertz CT molecular complexity index is 586. The molecule has 0 amide bonds. The van der Waals surface area contributed by atoms with Gasteiger partial charge in [-0.05, 0) is 43.0 Å². The van der Waals surface area contributed by atoms with Gasteiger partial charge in [0.25, 0.3) is 0 Å². The van der Waals surface area contributed by atoms with Crippen molar-refractivity contribution in [3.63, 3.8) is 0 Å². The second kappa shape index (κ2) is 6.97. The SMILES string of the molecule is Cc1cccc(N(C)C2CCN(Cc3ccccc3)CC2)c1. The number of piperidine rings is 1. The molecule has 0 unspecified atom stereocenters. The standard InChI is InChI=1S/C20H26N2/c1-17-7-6-10-20(15-17)21(2)19-11-13-22(14-12-19)16-18-8-4-3-5-9-18/h3-10,15,19H,11-14,16H2,1-2H3. The lowest BCUT2D eigenvalue weighted by Gasteiger charge is -2.38. The summed E-state index contributed by atoms with van der Waals surface area (Å²) in [6, 6.07) is 20.3. The van der Waals surface area contributed by atoms with Crippen molar-refractivity contribution in [1.29, 1.82) is 0 Å². The number of aryl methyl sites for hydroxylation is 1. The Morgan fingerprint density at radius 3 is 2.41 bits per heavy atom. The molecule has 22 heavy (non-hydrogen) atoms. The van der Waals surface area contributed by atoms with Crippen molar-refractivity contribution in [3.8, 4) is 0 Å². The van der Waals surface area contributed by atoms with Crippen molar-refractivity contribution in [1.82, 2.24) is 4.90 Å². The molecule has 116 valence electrons. The summed E-state index contributed by atoms with van der Waals surface area (Å²) in [7, 11) is 2.24. The second-order valence-electron chi connectivity index (χ2n) is 6.44. The summed E-state index contributed by atoms with van der Waals surface area (Å²) in [5.74, 6) is 0. The second-order valence-corrected chi connectivity index (χ2v) is 6.44. The largest absolute Gasteiger partial charge is 0.372 e. The minimum atomic E-state index is 0.661. The minimum absolute atomic E-state index is 0.661. The van der Waals surface area contributed by atoms with E-state index in [0.717, 1.165) is 6.54 Å². The van der Waals surface area contributed by atoms with E-state index in [2.05, 4.69) is 78.4 Å². The van der Waals surface area contributed by atoms with Crippen molar-refractivity contribution in [2.75, 3.05) is 25.0 Å². The predicted molar refractivity (Wildman–Crippen MR) is 94.3 cm³/mol. The van der Waals surface area contributed by atoms with E-state index in [-0.39, 0.29) is 0 Å². The highest BCUT2D eigenvalue weighted by Gasteiger charge is 2.22. The van der Waals surface area contributed by atoms with Crippen LogP contribution in [0.25, 0.3) is 0 Å². The maximum Gasteiger partial charge on any atom is 0.0368 e. The Hall–Kier alpha value is -1.80. The molecule has 1 heterocycles. The Morgan fingerprint density at radius 2 is 1.73 bits per heavy atom. The first-order valence-corrected chi connectivity index (χ1v) is 8.28. The van der Waals surface area contributed by atoms with Crippen molar-refractivity contribution in [2.24, 2.45) is 0 Å². The maximum absolute atomic E-state index is 2.58. The minimum Gasteiger partial charge on any atom is -0.372 e. The molecule has 0 radical (unpaired) electrons. The van der Waals surface area contributed by atoms with Gasteiger partial charge in [0.2, 0.25) is 0 Å². The lowest BCUT2D eigenvalue weighted by Crippen LogP contribution is -2.43. The molecule has 1 fully saturated rings. The van der Waals surface area contributed by atoms with Crippen LogP contribution in [-0.4, -0.2) is 31.1 Å². The third-order valence-electron chi connectivity index (χ3n) is 4.76. The zero-order valence-electron chi connectivity index (χ0n) is 13.7. The first-order chi connectivity index (χ1) is 10.7. The normalized spacial score (nSPS) is 16.6. The van der Waals surface area contributed by atoms with Gasteiger partial charge in [-0.3, -0.25) is 4.90 Å². The predicted octanol–water partition coefficient (Wildman–Crippen LogP) is 4.10. The molecule has 0 aromatic heterocycles. The smallest absolute Gasteiger partial charge is 0.0368 e. The van der Waals surface area contributed by atoms with Crippen LogP contribution in [0.2, 0.25) is 0 Å². The van der Waals surface area contributed by atoms with Crippen LogP contribution < -0.4 is 4.90 Å². The molecule has 2 aromatic carbocycles. The fourth-order valence-corrected chi connectivity index (χ4v) is 3.36. The lowest BCUT2D eigenvalue weighted by molar-refractivity contribution is 0.203. The maximum atomic E-state index is 2.58. The lowest BCUT2D eigenvalue weighted by atomic mass is 10.0. The van der Waals surface area contributed by atoms with Gasteiger partial charge in [0.1, 0.15) is 0 Å². The van der Waals surface area contributed by atoms with Crippen LogP contribution in [-0.2, 0) is 6.54 Å². The van der Waals surface area contributed by atoms with Crippen LogP contribution in [0.1, 0.15) is 24.0 Å². The number of hydrogen-bond donors (Lipinski definition) is 0. The van der Waals surface area contributed by atoms with Gasteiger partial charge in [0.05, 0.1) is 0 Å². The summed E-state index contributed by atoms with van der Waals surface area (Å²) in [6.45, 7) is 5.63. The fourth-order valence-electron chi connectivity index (χ4n) is 3.36. The highest BCUT2D eigenvalue weighted by molar-refractivity contribution is 5.48. The van der Waals surface area contributed by atoms with Crippen LogP contribution >= 0.6 is 0 Å². The number of rotatable bonds is 4. The van der Waals surface area contributed by atoms with Crippen LogP contribution in [0.15, 0.2) is 54.6 Å². The summed E-state index contributed by atoms with van der Waals surface area (Å²) >= 11 is 0. The van der Waals surface area contributed by atoms with Crippen LogP contribution in [0.4, 0.5) is 5.69 Å². The van der Waals surface area contributed by atoms with Gasteiger partial charge in [-0.25, -0.2) is 0 Å². The summed E-state index contributed by atoms with van der Waals surface area (Å²) in [6.07, 6.45) is 2.49. The molecule has 0 atom stereocenters. The molecule has 0 spiro atoms. The first kappa shape index (κ1) is 15.1. The zero-order chi connectivity index (χ0) is 15.4. The molecule has 0 N–H and O–H groups in total. The summed E-state index contributed by atoms with van der Waals surface area (Å²) < 4.78 is 0. The number of benzene rings is 2. The van der Waals surface area contributed by atoms with Gasteiger partial charge < -0.3 is 4.90 Å². The topological polar surface area (TPSA) is 6.48 Å². The van der Waals surface area contributed by atoms with Gasteiger partial charge in [-0.15, -0.1) is 0 Å². The van der Waals surface area contributed by atoms with Gasteiger partial charge >= 0.3 is 0 Å². The van der Waals surface area contributed by atoms with Crippen LogP contribution in [0, 0.1) is 6.92 Å². The van der Waals surface area contributed by atoms with Crippen LogP contribution in [0.5, 0.6) is 0 Å². The summed E-state index contributed by atoms with van der Waals surface area (Å²) in [5, 5.41) is 0. The Balaban J connectivity index is 1.55. The Kier molecular flexibility index (Phi) is 4.79. The molecule has 0 bridgehead atoms.